The Morgan fingerprint density at radius 3 is 2.36 bits per heavy atom. The highest BCUT2D eigenvalue weighted by molar-refractivity contribution is 7.89. The van der Waals surface area contributed by atoms with Crippen molar-refractivity contribution < 1.29 is 8.42 Å². The molecule has 1 saturated carbocycles. The summed E-state index contributed by atoms with van der Waals surface area (Å²) in [6, 6.07) is 14.4. The summed E-state index contributed by atoms with van der Waals surface area (Å²) >= 11 is 5.85. The van der Waals surface area contributed by atoms with Crippen LogP contribution in [0.4, 0.5) is 5.69 Å². The molecule has 0 spiro atoms. The largest absolute Gasteiger partial charge is 0.381 e. The smallest absolute Gasteiger partial charge is 0.240 e. The van der Waals surface area contributed by atoms with Gasteiger partial charge in [-0.3, -0.25) is 0 Å². The number of aryl methyl sites for hydroxylation is 1. The second-order valence-electron chi connectivity index (χ2n) is 6.59. The van der Waals surface area contributed by atoms with E-state index in [-0.39, 0.29) is 17.0 Å². The minimum atomic E-state index is -3.56. The van der Waals surface area contributed by atoms with Crippen molar-refractivity contribution in [3.63, 3.8) is 0 Å². The average Bonchev–Trinajstić information content (AvgIpc) is 2.57. The second kappa shape index (κ2) is 7.77. The minimum Gasteiger partial charge on any atom is -0.381 e. The molecule has 0 bridgehead atoms. The van der Waals surface area contributed by atoms with Crippen molar-refractivity contribution in [2.45, 2.75) is 49.6 Å². The Morgan fingerprint density at radius 2 is 1.68 bits per heavy atom. The summed E-state index contributed by atoms with van der Waals surface area (Å²) in [5, 5.41) is 4.03. The Bertz CT molecular complexity index is 822. The maximum atomic E-state index is 12.7. The van der Waals surface area contributed by atoms with Gasteiger partial charge < -0.3 is 5.32 Å². The first-order chi connectivity index (χ1) is 11.9. The number of rotatable bonds is 5. The lowest BCUT2D eigenvalue weighted by atomic mass is 9.91. The number of sulfonamides is 1. The molecule has 134 valence electrons. The summed E-state index contributed by atoms with van der Waals surface area (Å²) in [5.74, 6) is 0. The van der Waals surface area contributed by atoms with Gasteiger partial charge in [0.05, 0.1) is 4.90 Å². The molecule has 0 saturated heterocycles. The van der Waals surface area contributed by atoms with Gasteiger partial charge in [-0.25, -0.2) is 13.1 Å². The zero-order chi connectivity index (χ0) is 17.9. The van der Waals surface area contributed by atoms with Gasteiger partial charge >= 0.3 is 0 Å². The van der Waals surface area contributed by atoms with E-state index in [2.05, 4.69) is 16.1 Å². The molecule has 0 heterocycles. The third kappa shape index (κ3) is 4.75. The lowest BCUT2D eigenvalue weighted by Gasteiger charge is -2.33. The summed E-state index contributed by atoms with van der Waals surface area (Å²) in [5.41, 5.74) is 2.21. The molecule has 2 aromatic rings. The standard InChI is InChI=1S/C19H23ClN2O2S/c1-14-5-4-6-16(13-14)21-18-7-2-3-8-19(18)22-25(23,24)17-11-9-15(20)10-12-17/h4-6,9-13,18-19,21-22H,2-3,7-8H2,1H3. The van der Waals surface area contributed by atoms with Crippen molar-refractivity contribution in [2.75, 3.05) is 5.32 Å². The molecule has 3 rings (SSSR count). The van der Waals surface area contributed by atoms with Crippen LogP contribution >= 0.6 is 11.6 Å². The number of anilines is 1. The molecule has 2 unspecified atom stereocenters. The lowest BCUT2D eigenvalue weighted by Crippen LogP contribution is -2.48. The average molecular weight is 379 g/mol. The second-order valence-corrected chi connectivity index (χ2v) is 8.74. The van der Waals surface area contributed by atoms with Crippen LogP contribution in [-0.2, 0) is 10.0 Å². The minimum absolute atomic E-state index is 0.0811. The van der Waals surface area contributed by atoms with Gasteiger partial charge in [-0.15, -0.1) is 0 Å². The van der Waals surface area contributed by atoms with Crippen molar-refractivity contribution >= 4 is 27.3 Å². The molecule has 4 nitrogen and oxygen atoms in total. The van der Waals surface area contributed by atoms with Crippen LogP contribution in [0.2, 0.25) is 5.02 Å². The SMILES string of the molecule is Cc1cccc(NC2CCCCC2NS(=O)(=O)c2ccc(Cl)cc2)c1. The molecule has 2 N–H and O–H groups in total. The summed E-state index contributed by atoms with van der Waals surface area (Å²) in [6.45, 7) is 2.05. The van der Waals surface area contributed by atoms with Gasteiger partial charge in [0.25, 0.3) is 0 Å². The molecule has 1 fully saturated rings. The van der Waals surface area contributed by atoms with Gasteiger partial charge in [0.2, 0.25) is 10.0 Å². The van der Waals surface area contributed by atoms with E-state index >= 15 is 0 Å². The maximum Gasteiger partial charge on any atom is 0.240 e. The number of halogens is 1. The maximum absolute atomic E-state index is 12.7. The quantitative estimate of drug-likeness (QED) is 0.813. The Labute approximate surface area is 154 Å². The molecule has 2 aromatic carbocycles. The van der Waals surface area contributed by atoms with Gasteiger partial charge in [-0.05, 0) is 61.7 Å². The van der Waals surface area contributed by atoms with E-state index in [9.17, 15) is 8.42 Å². The van der Waals surface area contributed by atoms with Crippen LogP contribution < -0.4 is 10.0 Å². The van der Waals surface area contributed by atoms with Crippen molar-refractivity contribution in [1.82, 2.24) is 4.72 Å². The normalized spacial score (nSPS) is 21.0. The molecular weight excluding hydrogens is 356 g/mol. The fourth-order valence-electron chi connectivity index (χ4n) is 3.27. The fraction of sp³-hybridized carbons (Fsp3) is 0.368. The molecule has 2 atom stereocenters. The van der Waals surface area contributed by atoms with Gasteiger partial charge in [-0.1, -0.05) is 36.6 Å². The Balaban J connectivity index is 1.75. The van der Waals surface area contributed by atoms with Crippen molar-refractivity contribution in [3.05, 3.63) is 59.1 Å². The molecule has 0 radical (unpaired) electrons. The lowest BCUT2D eigenvalue weighted by molar-refractivity contribution is 0.378. The predicted octanol–water partition coefficient (Wildman–Crippen LogP) is 4.35. The number of benzene rings is 2. The Kier molecular flexibility index (Phi) is 5.67. The van der Waals surface area contributed by atoms with Crippen LogP contribution in [-0.4, -0.2) is 20.5 Å². The molecule has 0 aliphatic heterocycles. The van der Waals surface area contributed by atoms with Gasteiger partial charge in [0.1, 0.15) is 0 Å². The van der Waals surface area contributed by atoms with Crippen LogP contribution in [0.15, 0.2) is 53.4 Å². The van der Waals surface area contributed by atoms with E-state index in [0.29, 0.717) is 5.02 Å². The monoisotopic (exact) mass is 378 g/mol. The summed E-state index contributed by atoms with van der Waals surface area (Å²) in [7, 11) is -3.56. The Morgan fingerprint density at radius 1 is 1.00 bits per heavy atom. The van der Waals surface area contributed by atoms with Gasteiger partial charge in [0.15, 0.2) is 0 Å². The van der Waals surface area contributed by atoms with E-state index in [1.54, 1.807) is 12.1 Å². The zero-order valence-corrected chi connectivity index (χ0v) is 15.8. The highest BCUT2D eigenvalue weighted by Gasteiger charge is 2.29. The van der Waals surface area contributed by atoms with Crippen molar-refractivity contribution in [2.24, 2.45) is 0 Å². The van der Waals surface area contributed by atoms with E-state index in [1.807, 2.05) is 25.1 Å². The molecule has 1 aliphatic rings. The highest BCUT2D eigenvalue weighted by atomic mass is 35.5. The third-order valence-corrected chi connectivity index (χ3v) is 6.32. The molecular formula is C19H23ClN2O2S. The first-order valence-corrected chi connectivity index (χ1v) is 10.4. The molecule has 0 aromatic heterocycles. The van der Waals surface area contributed by atoms with Crippen molar-refractivity contribution in [1.29, 1.82) is 0 Å². The van der Waals surface area contributed by atoms with Crippen molar-refractivity contribution in [3.8, 4) is 0 Å². The van der Waals surface area contributed by atoms with E-state index in [1.165, 1.54) is 17.7 Å². The summed E-state index contributed by atoms with van der Waals surface area (Å²) in [4.78, 5) is 0.247. The number of hydrogen-bond donors (Lipinski definition) is 2. The van der Waals surface area contributed by atoms with Crippen LogP contribution in [0.25, 0.3) is 0 Å². The van der Waals surface area contributed by atoms with Gasteiger partial charge in [0, 0.05) is 22.8 Å². The molecule has 1 aliphatic carbocycles. The first kappa shape index (κ1) is 18.2. The van der Waals surface area contributed by atoms with E-state index < -0.39 is 10.0 Å². The first-order valence-electron chi connectivity index (χ1n) is 8.55. The van der Waals surface area contributed by atoms with E-state index in [0.717, 1.165) is 31.4 Å². The van der Waals surface area contributed by atoms with Crippen LogP contribution in [0.5, 0.6) is 0 Å². The van der Waals surface area contributed by atoms with E-state index in [4.69, 9.17) is 11.6 Å². The number of nitrogens with one attached hydrogen (secondary N) is 2. The highest BCUT2D eigenvalue weighted by Crippen LogP contribution is 2.25. The summed E-state index contributed by atoms with van der Waals surface area (Å²) < 4.78 is 28.2. The molecule has 6 heteroatoms. The molecule has 25 heavy (non-hydrogen) atoms. The zero-order valence-electron chi connectivity index (χ0n) is 14.2. The molecule has 0 amide bonds. The van der Waals surface area contributed by atoms with Crippen LogP contribution in [0.1, 0.15) is 31.2 Å². The number of hydrogen-bond acceptors (Lipinski definition) is 3. The predicted molar refractivity (Wildman–Crippen MR) is 103 cm³/mol. The Hall–Kier alpha value is -1.56. The topological polar surface area (TPSA) is 58.2 Å². The van der Waals surface area contributed by atoms with Gasteiger partial charge in [-0.2, -0.15) is 0 Å². The van der Waals surface area contributed by atoms with Crippen LogP contribution in [0, 0.1) is 6.92 Å². The fourth-order valence-corrected chi connectivity index (χ4v) is 4.71. The summed E-state index contributed by atoms with van der Waals surface area (Å²) in [6.07, 6.45) is 3.90. The third-order valence-electron chi connectivity index (χ3n) is 4.57. The van der Waals surface area contributed by atoms with Crippen LogP contribution in [0.3, 0.4) is 0 Å².